The minimum absolute atomic E-state index is 0.189. The summed E-state index contributed by atoms with van der Waals surface area (Å²) in [7, 11) is 1.90. The molecule has 3 aromatic rings. The van der Waals surface area contributed by atoms with Crippen LogP contribution in [0.5, 0.6) is 0 Å². The Morgan fingerprint density at radius 2 is 2.00 bits per heavy atom. The molecule has 132 valence electrons. The van der Waals surface area contributed by atoms with E-state index in [1.807, 2.05) is 42.8 Å². The predicted molar refractivity (Wildman–Crippen MR) is 99.8 cm³/mol. The molecule has 1 aromatic carbocycles. The van der Waals surface area contributed by atoms with E-state index in [2.05, 4.69) is 20.3 Å². The van der Waals surface area contributed by atoms with Crippen LogP contribution in [0.25, 0.3) is 11.2 Å². The third-order valence-corrected chi connectivity index (χ3v) is 4.84. The summed E-state index contributed by atoms with van der Waals surface area (Å²) in [4.78, 5) is 13.5. The minimum Gasteiger partial charge on any atom is -0.390 e. The molecule has 0 saturated carbocycles. The monoisotopic (exact) mass is 359 g/mol. The van der Waals surface area contributed by atoms with E-state index in [4.69, 9.17) is 11.6 Å². The summed E-state index contributed by atoms with van der Waals surface area (Å²) in [5, 5.41) is 14.2. The Labute approximate surface area is 151 Å². The van der Waals surface area contributed by atoms with Crippen molar-refractivity contribution in [3.05, 3.63) is 46.9 Å². The van der Waals surface area contributed by atoms with Crippen molar-refractivity contribution in [3.8, 4) is 0 Å². The smallest absolute Gasteiger partial charge is 0.205 e. The lowest BCUT2D eigenvalue weighted by Gasteiger charge is -2.24. The van der Waals surface area contributed by atoms with Gasteiger partial charge >= 0.3 is 0 Å². The number of hydrogen-bond donors (Lipinski definition) is 2. The second-order valence-corrected chi connectivity index (χ2v) is 7.16. The van der Waals surface area contributed by atoms with Crippen LogP contribution < -0.4 is 5.32 Å². The molecule has 0 aliphatic heterocycles. The van der Waals surface area contributed by atoms with Crippen molar-refractivity contribution in [1.29, 1.82) is 0 Å². The van der Waals surface area contributed by atoms with Crippen LogP contribution in [0, 0.1) is 0 Å². The van der Waals surface area contributed by atoms with Crippen molar-refractivity contribution in [2.24, 2.45) is 7.05 Å². The zero-order chi connectivity index (χ0) is 18.2. The summed E-state index contributed by atoms with van der Waals surface area (Å²) < 4.78 is 1.88. The lowest BCUT2D eigenvalue weighted by atomic mass is 9.92. The molecule has 0 bridgehead atoms. The van der Waals surface area contributed by atoms with Crippen molar-refractivity contribution in [2.75, 3.05) is 5.32 Å². The molecule has 3 rings (SSSR count). The summed E-state index contributed by atoms with van der Waals surface area (Å²) in [6.07, 6.45) is 1.70. The fourth-order valence-corrected chi connectivity index (χ4v) is 2.70. The lowest BCUT2D eigenvalue weighted by Crippen LogP contribution is -2.28. The van der Waals surface area contributed by atoms with Crippen LogP contribution >= 0.6 is 11.6 Å². The Hall–Kier alpha value is -2.18. The molecule has 2 aromatic heterocycles. The third kappa shape index (κ3) is 3.60. The first kappa shape index (κ1) is 17.6. The molecule has 0 saturated heterocycles. The van der Waals surface area contributed by atoms with E-state index in [1.54, 1.807) is 20.0 Å². The van der Waals surface area contributed by atoms with Gasteiger partial charge in [0.2, 0.25) is 5.95 Å². The van der Waals surface area contributed by atoms with Crippen LogP contribution in [-0.2, 0) is 13.6 Å². The van der Waals surface area contributed by atoms with E-state index in [0.717, 1.165) is 16.2 Å². The Balaban J connectivity index is 1.88. The maximum absolute atomic E-state index is 10.2. The summed E-state index contributed by atoms with van der Waals surface area (Å²) in [5.74, 6) is 1.10. The van der Waals surface area contributed by atoms with Crippen LogP contribution in [0.4, 0.5) is 5.95 Å². The first-order valence-corrected chi connectivity index (χ1v) is 8.54. The lowest BCUT2D eigenvalue weighted by molar-refractivity contribution is 0.0531. The molecular formula is C18H22ClN5O. The summed E-state index contributed by atoms with van der Waals surface area (Å²) >= 11 is 6.19. The topological polar surface area (TPSA) is 75.9 Å². The number of aromatic nitrogens is 4. The summed E-state index contributed by atoms with van der Waals surface area (Å²) in [5.41, 5.74) is 1.54. The highest BCUT2D eigenvalue weighted by Crippen LogP contribution is 2.26. The van der Waals surface area contributed by atoms with Crippen molar-refractivity contribution in [3.63, 3.8) is 0 Å². The normalized spacial score (nSPS) is 13.2. The fourth-order valence-electron chi connectivity index (χ4n) is 2.49. The van der Waals surface area contributed by atoms with Gasteiger partial charge in [-0.05, 0) is 25.5 Å². The molecule has 0 aliphatic rings. The van der Waals surface area contributed by atoms with Crippen LogP contribution in [0.3, 0.4) is 0 Å². The highest BCUT2D eigenvalue weighted by atomic mass is 35.5. The number of benzene rings is 1. The number of rotatable bonds is 5. The maximum atomic E-state index is 10.2. The predicted octanol–water partition coefficient (Wildman–Crippen LogP) is 3.50. The maximum Gasteiger partial charge on any atom is 0.205 e. The van der Waals surface area contributed by atoms with Crippen LogP contribution in [0.1, 0.15) is 38.1 Å². The van der Waals surface area contributed by atoms with Crippen LogP contribution in [0.15, 0.2) is 30.5 Å². The number of fused-ring (bicyclic) bond motifs is 1. The molecular weight excluding hydrogens is 338 g/mol. The molecule has 1 unspecified atom stereocenters. The Kier molecular flexibility index (Phi) is 4.67. The van der Waals surface area contributed by atoms with E-state index in [0.29, 0.717) is 23.8 Å². The molecule has 0 fully saturated rings. The van der Waals surface area contributed by atoms with Gasteiger partial charge in [0, 0.05) is 24.5 Å². The average Bonchev–Trinajstić information content (AvgIpc) is 2.88. The minimum atomic E-state index is -0.891. The summed E-state index contributed by atoms with van der Waals surface area (Å²) in [6.45, 7) is 5.99. The molecule has 0 amide bonds. The van der Waals surface area contributed by atoms with Gasteiger partial charge < -0.3 is 10.4 Å². The van der Waals surface area contributed by atoms with Crippen molar-refractivity contribution in [2.45, 2.75) is 38.8 Å². The van der Waals surface area contributed by atoms with E-state index in [-0.39, 0.29) is 5.92 Å². The third-order valence-electron chi connectivity index (χ3n) is 4.47. The van der Waals surface area contributed by atoms with Gasteiger partial charge in [-0.25, -0.2) is 15.0 Å². The number of anilines is 1. The first-order valence-electron chi connectivity index (χ1n) is 8.16. The number of nitrogens with one attached hydrogen (secondary N) is 1. The Morgan fingerprint density at radius 1 is 1.28 bits per heavy atom. The number of aryl methyl sites for hydroxylation is 1. The molecule has 7 heteroatoms. The molecule has 0 radical (unpaired) electrons. The Morgan fingerprint density at radius 3 is 2.68 bits per heavy atom. The Bertz CT molecular complexity index is 900. The number of aliphatic hydroxyl groups is 1. The van der Waals surface area contributed by atoms with E-state index >= 15 is 0 Å². The standard InChI is InChI=1S/C18H22ClN5O/c1-11(18(2,3)25)15-20-10-14-16(23-15)24(4)17(22-14)21-9-12-7-5-6-8-13(12)19/h5-8,10-11,25H,9H2,1-4H3,(H,21,22). The second-order valence-electron chi connectivity index (χ2n) is 6.75. The highest BCUT2D eigenvalue weighted by Gasteiger charge is 2.27. The van der Waals surface area contributed by atoms with Crippen LogP contribution in [0.2, 0.25) is 5.02 Å². The molecule has 2 N–H and O–H groups in total. The zero-order valence-corrected chi connectivity index (χ0v) is 15.5. The number of nitrogens with zero attached hydrogens (tertiary/aromatic N) is 4. The fraction of sp³-hybridized carbons (Fsp3) is 0.389. The molecule has 0 aliphatic carbocycles. The van der Waals surface area contributed by atoms with Gasteiger partial charge in [-0.3, -0.25) is 4.57 Å². The van der Waals surface area contributed by atoms with Gasteiger partial charge in [0.15, 0.2) is 5.65 Å². The zero-order valence-electron chi connectivity index (χ0n) is 14.8. The van der Waals surface area contributed by atoms with Gasteiger partial charge in [-0.1, -0.05) is 36.7 Å². The molecule has 2 heterocycles. The van der Waals surface area contributed by atoms with E-state index < -0.39 is 5.60 Å². The number of halogens is 1. The van der Waals surface area contributed by atoms with Crippen LogP contribution in [-0.4, -0.2) is 30.2 Å². The van der Waals surface area contributed by atoms with E-state index in [1.165, 1.54) is 0 Å². The highest BCUT2D eigenvalue weighted by molar-refractivity contribution is 6.31. The average molecular weight is 360 g/mol. The largest absolute Gasteiger partial charge is 0.390 e. The first-order chi connectivity index (χ1) is 11.8. The molecule has 6 nitrogen and oxygen atoms in total. The molecule has 25 heavy (non-hydrogen) atoms. The van der Waals surface area contributed by atoms with Gasteiger partial charge in [-0.15, -0.1) is 0 Å². The van der Waals surface area contributed by atoms with Gasteiger partial charge in [0.25, 0.3) is 0 Å². The quantitative estimate of drug-likeness (QED) is 0.729. The van der Waals surface area contributed by atoms with E-state index in [9.17, 15) is 5.11 Å². The van der Waals surface area contributed by atoms with Gasteiger partial charge in [0.05, 0.1) is 11.8 Å². The molecule has 1 atom stereocenters. The van der Waals surface area contributed by atoms with Gasteiger partial charge in [0.1, 0.15) is 11.3 Å². The molecule has 0 spiro atoms. The number of hydrogen-bond acceptors (Lipinski definition) is 5. The summed E-state index contributed by atoms with van der Waals surface area (Å²) in [6, 6.07) is 7.69. The van der Waals surface area contributed by atoms with Crippen molar-refractivity contribution >= 4 is 28.7 Å². The second kappa shape index (κ2) is 6.61. The van der Waals surface area contributed by atoms with Gasteiger partial charge in [-0.2, -0.15) is 0 Å². The number of imidazole rings is 1. The van der Waals surface area contributed by atoms with Crippen molar-refractivity contribution < 1.29 is 5.11 Å². The van der Waals surface area contributed by atoms with Crippen molar-refractivity contribution in [1.82, 2.24) is 19.5 Å². The SMILES string of the molecule is CC(c1ncc2nc(NCc3ccccc3Cl)n(C)c2n1)C(C)(C)O.